The van der Waals surface area contributed by atoms with Gasteiger partial charge in [-0.2, -0.15) is 9.78 Å². The van der Waals surface area contributed by atoms with Crippen LogP contribution in [0.1, 0.15) is 46.0 Å². The second-order valence-electron chi connectivity index (χ2n) is 9.02. The lowest BCUT2D eigenvalue weighted by molar-refractivity contribution is -0.385. The second-order valence-corrected chi connectivity index (χ2v) is 9.94. The van der Waals surface area contributed by atoms with E-state index in [9.17, 15) is 19.7 Å². The van der Waals surface area contributed by atoms with Crippen LogP contribution in [0.5, 0.6) is 5.75 Å². The normalized spacial score (nSPS) is 11.9. The Balaban J connectivity index is 2.00. The highest BCUT2D eigenvalue weighted by Crippen LogP contribution is 2.28. The highest BCUT2D eigenvalue weighted by molar-refractivity contribution is 9.10. The molecule has 0 bridgehead atoms. The van der Waals surface area contributed by atoms with Crippen LogP contribution in [0.25, 0.3) is 10.9 Å². The quantitative estimate of drug-likeness (QED) is 0.184. The van der Waals surface area contributed by atoms with Crippen LogP contribution in [0, 0.1) is 10.1 Å². The molecule has 0 saturated heterocycles. The van der Waals surface area contributed by atoms with Gasteiger partial charge in [0.15, 0.2) is 12.4 Å². The number of hydrogen-bond donors (Lipinski definition) is 0. The van der Waals surface area contributed by atoms with Gasteiger partial charge >= 0.3 is 11.7 Å². The molecule has 0 aliphatic carbocycles. The molecular formula is C24H25BrN4O6. The fourth-order valence-corrected chi connectivity index (χ4v) is 3.54. The summed E-state index contributed by atoms with van der Waals surface area (Å²) in [4.78, 5) is 40.6. The number of nitro benzene ring substituents is 1. The Morgan fingerprint density at radius 1 is 1.26 bits per heavy atom. The van der Waals surface area contributed by atoms with E-state index < -0.39 is 22.9 Å². The molecule has 3 rings (SSSR count). The second kappa shape index (κ2) is 10.3. The van der Waals surface area contributed by atoms with Gasteiger partial charge in [0, 0.05) is 21.5 Å². The summed E-state index contributed by atoms with van der Waals surface area (Å²) in [5.41, 5.74) is -0.324. The van der Waals surface area contributed by atoms with Crippen molar-refractivity contribution in [1.29, 1.82) is 0 Å². The monoisotopic (exact) mass is 544 g/mol. The molecule has 0 N–H and O–H groups in total. The lowest BCUT2D eigenvalue weighted by Crippen LogP contribution is -2.29. The Morgan fingerprint density at radius 3 is 2.60 bits per heavy atom. The largest absolute Gasteiger partial charge is 0.475 e. The standard InChI is InChI=1S/C24H25BrN4O6/c1-14(2)35-21(30)13-34-20-9-6-15(10-19(20)29(32)33)12-26-28-22(31)17-11-16(25)7-8-18(17)27-23(28)24(3,4)5/h6-12,14H,13H2,1-5H3. The zero-order valence-electron chi connectivity index (χ0n) is 19.9. The highest BCUT2D eigenvalue weighted by Gasteiger charge is 2.23. The van der Waals surface area contributed by atoms with Gasteiger partial charge in [-0.25, -0.2) is 9.78 Å². The van der Waals surface area contributed by atoms with Crippen molar-refractivity contribution in [3.8, 4) is 5.75 Å². The third-order valence-corrected chi connectivity index (χ3v) is 5.19. The average molecular weight is 545 g/mol. The Kier molecular flexibility index (Phi) is 7.69. The van der Waals surface area contributed by atoms with Crippen LogP contribution in [-0.4, -0.2) is 39.5 Å². The Morgan fingerprint density at radius 2 is 1.97 bits per heavy atom. The SMILES string of the molecule is CC(C)OC(=O)COc1ccc(C=Nn2c(C(C)(C)C)nc3ccc(Br)cc3c2=O)cc1[N+](=O)[O-]. The van der Waals surface area contributed by atoms with Gasteiger partial charge in [0.05, 0.1) is 28.1 Å². The maximum Gasteiger partial charge on any atom is 0.344 e. The van der Waals surface area contributed by atoms with E-state index in [0.717, 1.165) is 4.47 Å². The van der Waals surface area contributed by atoms with E-state index in [1.54, 1.807) is 32.0 Å². The summed E-state index contributed by atoms with van der Waals surface area (Å²) in [5, 5.41) is 16.3. The summed E-state index contributed by atoms with van der Waals surface area (Å²) in [6.45, 7) is 8.64. The summed E-state index contributed by atoms with van der Waals surface area (Å²) in [6, 6.07) is 9.38. The number of esters is 1. The third-order valence-electron chi connectivity index (χ3n) is 4.69. The first-order valence-corrected chi connectivity index (χ1v) is 11.5. The van der Waals surface area contributed by atoms with E-state index in [1.807, 2.05) is 20.8 Å². The van der Waals surface area contributed by atoms with E-state index in [-0.39, 0.29) is 23.1 Å². The summed E-state index contributed by atoms with van der Waals surface area (Å²) < 4.78 is 12.2. The van der Waals surface area contributed by atoms with Gasteiger partial charge in [-0.15, -0.1) is 0 Å². The van der Waals surface area contributed by atoms with Gasteiger partial charge in [-0.1, -0.05) is 36.7 Å². The number of nitro groups is 1. The molecule has 0 aliphatic heterocycles. The van der Waals surface area contributed by atoms with Gasteiger partial charge in [-0.3, -0.25) is 14.9 Å². The predicted octanol–water partition coefficient (Wildman–Crippen LogP) is 4.58. The van der Waals surface area contributed by atoms with Crippen LogP contribution in [-0.2, 0) is 14.9 Å². The highest BCUT2D eigenvalue weighted by atomic mass is 79.9. The molecule has 3 aromatic rings. The number of carbonyl (C=O) groups is 1. The maximum absolute atomic E-state index is 13.2. The number of fused-ring (bicyclic) bond motifs is 1. The fourth-order valence-electron chi connectivity index (χ4n) is 3.18. The molecule has 11 heteroatoms. The molecule has 35 heavy (non-hydrogen) atoms. The summed E-state index contributed by atoms with van der Waals surface area (Å²) >= 11 is 3.37. The Bertz CT molecular complexity index is 1370. The smallest absolute Gasteiger partial charge is 0.344 e. The molecular weight excluding hydrogens is 520 g/mol. The Hall–Kier alpha value is -3.60. The predicted molar refractivity (Wildman–Crippen MR) is 135 cm³/mol. The first-order chi connectivity index (χ1) is 16.4. The van der Waals surface area contributed by atoms with Crippen LogP contribution >= 0.6 is 15.9 Å². The van der Waals surface area contributed by atoms with Crippen molar-refractivity contribution in [2.24, 2.45) is 5.10 Å². The van der Waals surface area contributed by atoms with Crippen molar-refractivity contribution in [2.45, 2.75) is 46.1 Å². The van der Waals surface area contributed by atoms with Gasteiger partial charge < -0.3 is 9.47 Å². The van der Waals surface area contributed by atoms with Crippen molar-refractivity contribution in [3.05, 3.63) is 72.7 Å². The molecule has 2 aromatic carbocycles. The minimum absolute atomic E-state index is 0.0855. The molecule has 0 radical (unpaired) electrons. The van der Waals surface area contributed by atoms with E-state index in [1.165, 1.54) is 29.1 Å². The van der Waals surface area contributed by atoms with Crippen molar-refractivity contribution in [2.75, 3.05) is 6.61 Å². The maximum atomic E-state index is 13.2. The van der Waals surface area contributed by atoms with Gasteiger partial charge in [0.2, 0.25) is 0 Å². The number of nitrogens with zero attached hydrogens (tertiary/aromatic N) is 4. The number of aromatic nitrogens is 2. The van der Waals surface area contributed by atoms with Gasteiger partial charge in [-0.05, 0) is 44.2 Å². The average Bonchev–Trinajstić information content (AvgIpc) is 2.76. The molecule has 184 valence electrons. The van der Waals surface area contributed by atoms with Crippen molar-refractivity contribution < 1.29 is 19.2 Å². The molecule has 0 unspecified atom stereocenters. The van der Waals surface area contributed by atoms with Crippen molar-refractivity contribution >= 4 is 44.7 Å². The van der Waals surface area contributed by atoms with Crippen LogP contribution in [0.4, 0.5) is 5.69 Å². The molecule has 1 heterocycles. The number of ether oxygens (including phenoxy) is 2. The summed E-state index contributed by atoms with van der Waals surface area (Å²) in [5.74, 6) is -0.284. The summed E-state index contributed by atoms with van der Waals surface area (Å²) in [6.07, 6.45) is 1.01. The van der Waals surface area contributed by atoms with Crippen molar-refractivity contribution in [1.82, 2.24) is 9.66 Å². The van der Waals surface area contributed by atoms with Crippen LogP contribution < -0.4 is 10.3 Å². The number of rotatable bonds is 7. The van der Waals surface area contributed by atoms with E-state index in [4.69, 9.17) is 9.47 Å². The van der Waals surface area contributed by atoms with Crippen molar-refractivity contribution in [3.63, 3.8) is 0 Å². The van der Waals surface area contributed by atoms with Crippen LogP contribution in [0.3, 0.4) is 0 Å². The van der Waals surface area contributed by atoms with E-state index >= 15 is 0 Å². The van der Waals surface area contributed by atoms with Gasteiger partial charge in [0.25, 0.3) is 5.56 Å². The molecule has 0 saturated carbocycles. The molecule has 10 nitrogen and oxygen atoms in total. The zero-order chi connectivity index (χ0) is 25.9. The fraction of sp³-hybridized carbons (Fsp3) is 0.333. The molecule has 0 atom stereocenters. The Labute approximate surface area is 209 Å². The van der Waals surface area contributed by atoms with Crippen LogP contribution in [0.2, 0.25) is 0 Å². The third kappa shape index (κ3) is 6.30. The molecule has 0 aliphatic rings. The molecule has 0 fully saturated rings. The lowest BCUT2D eigenvalue weighted by Gasteiger charge is -2.20. The topological polar surface area (TPSA) is 126 Å². The minimum atomic E-state index is -0.635. The van der Waals surface area contributed by atoms with Crippen LogP contribution in [0.15, 0.2) is 50.8 Å². The number of halogens is 1. The first kappa shape index (κ1) is 26.0. The molecule has 0 amide bonds. The van der Waals surface area contributed by atoms with E-state index in [2.05, 4.69) is 26.0 Å². The number of benzene rings is 2. The first-order valence-electron chi connectivity index (χ1n) is 10.7. The number of carbonyl (C=O) groups excluding carboxylic acids is 1. The van der Waals surface area contributed by atoms with Gasteiger partial charge in [0.1, 0.15) is 5.82 Å². The number of hydrogen-bond acceptors (Lipinski definition) is 8. The molecule has 1 aromatic heterocycles. The lowest BCUT2D eigenvalue weighted by atomic mass is 9.95. The van der Waals surface area contributed by atoms with E-state index in [0.29, 0.717) is 22.3 Å². The minimum Gasteiger partial charge on any atom is -0.475 e. The molecule has 0 spiro atoms. The summed E-state index contributed by atoms with van der Waals surface area (Å²) in [7, 11) is 0. The zero-order valence-corrected chi connectivity index (χ0v) is 21.5.